The SMILES string of the molecule is COc1ccc(N2CCC(N(C)C(=O)c3ccc4c(c3)C(NC(=O)c3ccccc3Cl)CC4)CC2)cn1. The molecular weight excluding hydrogens is 488 g/mol. The molecule has 1 aliphatic heterocycles. The lowest BCUT2D eigenvalue weighted by atomic mass is 10.00. The van der Waals surface area contributed by atoms with E-state index < -0.39 is 0 Å². The summed E-state index contributed by atoms with van der Waals surface area (Å²) < 4.78 is 5.15. The van der Waals surface area contributed by atoms with Gasteiger partial charge in [0, 0.05) is 37.8 Å². The molecule has 1 aliphatic carbocycles. The number of piperidine rings is 1. The Labute approximate surface area is 222 Å². The van der Waals surface area contributed by atoms with Crippen LogP contribution < -0.4 is 15.0 Å². The van der Waals surface area contributed by atoms with Crippen LogP contribution in [0.4, 0.5) is 5.69 Å². The number of carbonyl (C=O) groups is 2. The summed E-state index contributed by atoms with van der Waals surface area (Å²) in [6.07, 6.45) is 5.27. The molecule has 2 aliphatic rings. The minimum absolute atomic E-state index is 0.00967. The zero-order valence-corrected chi connectivity index (χ0v) is 21.9. The second-order valence-corrected chi connectivity index (χ2v) is 10.1. The zero-order valence-electron chi connectivity index (χ0n) is 21.1. The van der Waals surface area contributed by atoms with Crippen molar-refractivity contribution >= 4 is 29.1 Å². The van der Waals surface area contributed by atoms with Gasteiger partial charge in [-0.3, -0.25) is 9.59 Å². The van der Waals surface area contributed by atoms with Crippen molar-refractivity contribution in [3.8, 4) is 5.88 Å². The van der Waals surface area contributed by atoms with Crippen molar-refractivity contribution in [3.63, 3.8) is 0 Å². The molecule has 192 valence electrons. The number of nitrogens with one attached hydrogen (secondary N) is 1. The van der Waals surface area contributed by atoms with Crippen LogP contribution in [0.25, 0.3) is 0 Å². The van der Waals surface area contributed by atoms with Gasteiger partial charge in [-0.05, 0) is 67.1 Å². The fourth-order valence-corrected chi connectivity index (χ4v) is 5.55. The Balaban J connectivity index is 1.23. The third-order valence-electron chi connectivity index (χ3n) is 7.52. The average molecular weight is 519 g/mol. The summed E-state index contributed by atoms with van der Waals surface area (Å²) in [7, 11) is 3.50. The van der Waals surface area contributed by atoms with Crippen LogP contribution in [-0.2, 0) is 6.42 Å². The Hall–Kier alpha value is -3.58. The Morgan fingerprint density at radius 2 is 1.86 bits per heavy atom. The first-order valence-electron chi connectivity index (χ1n) is 12.6. The molecular formula is C29H31ClN4O3. The predicted molar refractivity (Wildman–Crippen MR) is 145 cm³/mol. The van der Waals surface area contributed by atoms with Crippen LogP contribution >= 0.6 is 11.6 Å². The quantitative estimate of drug-likeness (QED) is 0.502. The van der Waals surface area contributed by atoms with Crippen LogP contribution in [0, 0.1) is 0 Å². The van der Waals surface area contributed by atoms with E-state index in [-0.39, 0.29) is 23.9 Å². The van der Waals surface area contributed by atoms with Crippen LogP contribution in [0.15, 0.2) is 60.8 Å². The summed E-state index contributed by atoms with van der Waals surface area (Å²) in [5, 5.41) is 3.54. The number of methoxy groups -OCH3 is 1. The topological polar surface area (TPSA) is 74.8 Å². The maximum atomic E-state index is 13.4. The Kier molecular flexibility index (Phi) is 7.33. The van der Waals surface area contributed by atoms with Crippen LogP contribution in [-0.4, -0.2) is 55.0 Å². The van der Waals surface area contributed by atoms with Gasteiger partial charge in [-0.15, -0.1) is 0 Å². The van der Waals surface area contributed by atoms with Gasteiger partial charge in [-0.25, -0.2) is 4.98 Å². The van der Waals surface area contributed by atoms with Crippen molar-refractivity contribution in [2.45, 2.75) is 37.8 Å². The normalized spacial score (nSPS) is 17.3. The van der Waals surface area contributed by atoms with E-state index in [2.05, 4.69) is 15.2 Å². The van der Waals surface area contributed by atoms with Crippen molar-refractivity contribution in [1.82, 2.24) is 15.2 Å². The van der Waals surface area contributed by atoms with Gasteiger partial charge in [0.15, 0.2) is 0 Å². The van der Waals surface area contributed by atoms with Gasteiger partial charge in [0.1, 0.15) is 0 Å². The van der Waals surface area contributed by atoms with Gasteiger partial charge < -0.3 is 19.9 Å². The third-order valence-corrected chi connectivity index (χ3v) is 7.85. The van der Waals surface area contributed by atoms with Crippen LogP contribution in [0.3, 0.4) is 0 Å². The van der Waals surface area contributed by atoms with Gasteiger partial charge >= 0.3 is 0 Å². The van der Waals surface area contributed by atoms with E-state index >= 15 is 0 Å². The number of aromatic nitrogens is 1. The number of anilines is 1. The standard InChI is InChI=1S/C29H31ClN4O3/c1-33(21-13-15-34(16-14-21)22-10-12-27(37-2)31-18-22)29(36)20-8-7-19-9-11-26(24(19)17-20)32-28(35)23-5-3-4-6-25(23)30/h3-8,10,12,17-18,21,26H,9,11,13-16H2,1-2H3,(H,32,35). The highest BCUT2D eigenvalue weighted by molar-refractivity contribution is 6.33. The molecule has 1 saturated heterocycles. The van der Waals surface area contributed by atoms with Crippen molar-refractivity contribution in [1.29, 1.82) is 0 Å². The number of nitrogens with zero attached hydrogens (tertiary/aromatic N) is 3. The number of hydrogen-bond donors (Lipinski definition) is 1. The number of aryl methyl sites for hydroxylation is 1. The third kappa shape index (κ3) is 5.27. The molecule has 7 nitrogen and oxygen atoms in total. The van der Waals surface area contributed by atoms with Gasteiger partial charge in [-0.1, -0.05) is 29.8 Å². The number of amides is 2. The Morgan fingerprint density at radius 3 is 2.57 bits per heavy atom. The highest BCUT2D eigenvalue weighted by atomic mass is 35.5. The van der Waals surface area contributed by atoms with E-state index in [1.54, 1.807) is 31.4 Å². The minimum atomic E-state index is -0.198. The highest BCUT2D eigenvalue weighted by Gasteiger charge is 2.29. The Bertz CT molecular complexity index is 1290. The van der Waals surface area contributed by atoms with E-state index in [0.29, 0.717) is 22.0 Å². The minimum Gasteiger partial charge on any atom is -0.481 e. The molecule has 0 saturated carbocycles. The van der Waals surface area contributed by atoms with Crippen molar-refractivity contribution in [3.05, 3.63) is 88.1 Å². The largest absolute Gasteiger partial charge is 0.481 e. The maximum absolute atomic E-state index is 13.4. The molecule has 3 aromatic rings. The summed E-state index contributed by atoms with van der Waals surface area (Å²) in [6.45, 7) is 1.72. The molecule has 5 rings (SSSR count). The number of pyridine rings is 1. The first-order valence-corrected chi connectivity index (χ1v) is 13.0. The van der Waals surface area contributed by atoms with Gasteiger partial charge in [0.05, 0.1) is 35.6 Å². The maximum Gasteiger partial charge on any atom is 0.253 e. The number of benzene rings is 2. The molecule has 2 amide bonds. The lowest BCUT2D eigenvalue weighted by Crippen LogP contribution is -2.45. The smallest absolute Gasteiger partial charge is 0.253 e. The molecule has 2 aromatic carbocycles. The highest BCUT2D eigenvalue weighted by Crippen LogP contribution is 2.33. The van der Waals surface area contributed by atoms with Gasteiger partial charge in [0.2, 0.25) is 5.88 Å². The van der Waals surface area contributed by atoms with Crippen molar-refractivity contribution in [2.75, 3.05) is 32.1 Å². The van der Waals surface area contributed by atoms with Crippen LogP contribution in [0.2, 0.25) is 5.02 Å². The van der Waals surface area contributed by atoms with E-state index in [0.717, 1.165) is 50.0 Å². The average Bonchev–Trinajstić information content (AvgIpc) is 3.34. The number of carbonyl (C=O) groups excluding carboxylic acids is 2. The van der Waals surface area contributed by atoms with Crippen molar-refractivity contribution < 1.29 is 14.3 Å². The molecule has 37 heavy (non-hydrogen) atoms. The molecule has 0 bridgehead atoms. The molecule has 0 radical (unpaired) electrons. The fraction of sp³-hybridized carbons (Fsp3) is 0.345. The van der Waals surface area contributed by atoms with Crippen LogP contribution in [0.1, 0.15) is 57.1 Å². The monoisotopic (exact) mass is 518 g/mol. The number of rotatable bonds is 6. The lowest BCUT2D eigenvalue weighted by Gasteiger charge is -2.37. The number of halogens is 1. The van der Waals surface area contributed by atoms with Crippen molar-refractivity contribution in [2.24, 2.45) is 0 Å². The van der Waals surface area contributed by atoms with Crippen LogP contribution in [0.5, 0.6) is 5.88 Å². The first kappa shape index (κ1) is 25.1. The molecule has 1 unspecified atom stereocenters. The Morgan fingerprint density at radius 1 is 1.08 bits per heavy atom. The number of hydrogen-bond acceptors (Lipinski definition) is 5. The van der Waals surface area contributed by atoms with E-state index in [1.165, 1.54) is 5.56 Å². The molecule has 0 spiro atoms. The van der Waals surface area contributed by atoms with Gasteiger partial charge in [0.25, 0.3) is 11.8 Å². The molecule has 1 N–H and O–H groups in total. The first-order chi connectivity index (χ1) is 17.9. The van der Waals surface area contributed by atoms with E-state index in [1.807, 2.05) is 48.5 Å². The van der Waals surface area contributed by atoms with Gasteiger partial charge in [-0.2, -0.15) is 0 Å². The second-order valence-electron chi connectivity index (χ2n) is 9.65. The summed E-state index contributed by atoms with van der Waals surface area (Å²) in [4.78, 5) is 34.8. The molecule has 1 aromatic heterocycles. The number of fused-ring (bicyclic) bond motifs is 1. The summed E-state index contributed by atoms with van der Waals surface area (Å²) in [5.41, 5.74) is 4.37. The van der Waals surface area contributed by atoms with E-state index in [9.17, 15) is 9.59 Å². The summed E-state index contributed by atoms with van der Waals surface area (Å²) >= 11 is 6.21. The lowest BCUT2D eigenvalue weighted by molar-refractivity contribution is 0.0709. The molecule has 1 fully saturated rings. The number of ether oxygens (including phenoxy) is 1. The molecule has 1 atom stereocenters. The van der Waals surface area contributed by atoms with E-state index in [4.69, 9.17) is 16.3 Å². The zero-order chi connectivity index (χ0) is 25.9. The fourth-order valence-electron chi connectivity index (χ4n) is 5.33. The predicted octanol–water partition coefficient (Wildman–Crippen LogP) is 4.90. The molecule has 8 heteroatoms. The second kappa shape index (κ2) is 10.8. The molecule has 2 heterocycles. The summed E-state index contributed by atoms with van der Waals surface area (Å²) in [6, 6.07) is 16.8. The summed E-state index contributed by atoms with van der Waals surface area (Å²) in [5.74, 6) is 0.413.